The van der Waals surface area contributed by atoms with Crippen molar-refractivity contribution in [2.24, 2.45) is 0 Å². The van der Waals surface area contributed by atoms with E-state index in [-0.39, 0.29) is 6.04 Å². The lowest BCUT2D eigenvalue weighted by atomic mass is 10.1. The monoisotopic (exact) mass is 354 g/mol. The number of nitrogens with zero attached hydrogens (tertiary/aromatic N) is 4. The van der Waals surface area contributed by atoms with Crippen molar-refractivity contribution in [1.29, 1.82) is 0 Å². The van der Waals surface area contributed by atoms with Crippen molar-refractivity contribution in [3.05, 3.63) is 47.7 Å². The molecule has 0 aromatic carbocycles. The number of hydrogen-bond acceptors (Lipinski definition) is 7. The van der Waals surface area contributed by atoms with Gasteiger partial charge < -0.3 is 15.4 Å². The van der Waals surface area contributed by atoms with Crippen molar-refractivity contribution < 1.29 is 4.74 Å². The summed E-state index contributed by atoms with van der Waals surface area (Å²) in [7, 11) is 0. The molecule has 7 heteroatoms. The van der Waals surface area contributed by atoms with Gasteiger partial charge in [-0.1, -0.05) is 0 Å². The van der Waals surface area contributed by atoms with Crippen LogP contribution in [0.3, 0.4) is 0 Å². The highest BCUT2D eigenvalue weighted by Crippen LogP contribution is 2.24. The highest BCUT2D eigenvalue weighted by atomic mass is 16.5. The second-order valence-electron chi connectivity index (χ2n) is 6.72. The summed E-state index contributed by atoms with van der Waals surface area (Å²) < 4.78 is 5.53. The Morgan fingerprint density at radius 2 is 1.92 bits per heavy atom. The van der Waals surface area contributed by atoms with Crippen LogP contribution in [0.1, 0.15) is 22.9 Å². The first kappa shape index (κ1) is 17.3. The molecule has 0 spiro atoms. The Bertz CT molecular complexity index is 704. The standard InChI is InChI=1S/C19H26N6O/c1-5-20-6-2-15(1)18(25-9-11-26-12-10-25)13-22-19-16-3-7-21-8-4-17(16)23-14-24-19/h1-2,5-6,14,18,21H,3-4,7-13H2,(H,22,23,24)/t18-/m0/s1. The molecule has 0 saturated carbocycles. The van der Waals surface area contributed by atoms with Crippen LogP contribution < -0.4 is 10.6 Å². The van der Waals surface area contributed by atoms with Crippen molar-refractivity contribution in [1.82, 2.24) is 25.2 Å². The van der Waals surface area contributed by atoms with Gasteiger partial charge in [0, 0.05) is 50.6 Å². The number of ether oxygens (including phenoxy) is 1. The summed E-state index contributed by atoms with van der Waals surface area (Å²) in [5.74, 6) is 0.978. The molecule has 2 aromatic heterocycles. The minimum Gasteiger partial charge on any atom is -0.379 e. The average molecular weight is 354 g/mol. The van der Waals surface area contributed by atoms with E-state index in [2.05, 4.69) is 42.6 Å². The van der Waals surface area contributed by atoms with Gasteiger partial charge in [-0.15, -0.1) is 0 Å². The molecule has 1 atom stereocenters. The molecule has 2 N–H and O–H groups in total. The molecule has 2 aromatic rings. The van der Waals surface area contributed by atoms with Crippen molar-refractivity contribution >= 4 is 5.82 Å². The van der Waals surface area contributed by atoms with Gasteiger partial charge in [-0.2, -0.15) is 0 Å². The molecular formula is C19H26N6O. The van der Waals surface area contributed by atoms with Crippen molar-refractivity contribution in [2.45, 2.75) is 18.9 Å². The van der Waals surface area contributed by atoms with Crippen LogP contribution in [-0.2, 0) is 17.6 Å². The van der Waals surface area contributed by atoms with Crippen LogP contribution in [0.25, 0.3) is 0 Å². The Hall–Kier alpha value is -2.09. The summed E-state index contributed by atoms with van der Waals surface area (Å²) in [5, 5.41) is 7.05. The predicted molar refractivity (Wildman–Crippen MR) is 100 cm³/mol. The summed E-state index contributed by atoms with van der Waals surface area (Å²) >= 11 is 0. The van der Waals surface area contributed by atoms with E-state index < -0.39 is 0 Å². The normalized spacial score (nSPS) is 19.4. The van der Waals surface area contributed by atoms with Gasteiger partial charge in [0.1, 0.15) is 12.1 Å². The Balaban J connectivity index is 1.53. The minimum absolute atomic E-state index is 0.274. The van der Waals surface area contributed by atoms with Gasteiger partial charge in [0.25, 0.3) is 0 Å². The van der Waals surface area contributed by atoms with Gasteiger partial charge in [0.05, 0.1) is 24.9 Å². The molecule has 1 saturated heterocycles. The smallest absolute Gasteiger partial charge is 0.132 e. The van der Waals surface area contributed by atoms with Crippen LogP contribution in [0.4, 0.5) is 5.82 Å². The maximum absolute atomic E-state index is 5.53. The molecule has 4 heterocycles. The van der Waals surface area contributed by atoms with E-state index in [4.69, 9.17) is 4.74 Å². The third-order valence-electron chi connectivity index (χ3n) is 5.17. The zero-order valence-corrected chi connectivity index (χ0v) is 15.0. The van der Waals surface area contributed by atoms with E-state index in [0.717, 1.165) is 64.6 Å². The quantitative estimate of drug-likeness (QED) is 0.831. The Morgan fingerprint density at radius 3 is 2.77 bits per heavy atom. The molecule has 2 aliphatic heterocycles. The molecular weight excluding hydrogens is 328 g/mol. The highest BCUT2D eigenvalue weighted by Gasteiger charge is 2.23. The molecule has 0 radical (unpaired) electrons. The van der Waals surface area contributed by atoms with E-state index in [1.165, 1.54) is 16.8 Å². The average Bonchev–Trinajstić information content (AvgIpc) is 2.96. The Morgan fingerprint density at radius 1 is 1.12 bits per heavy atom. The number of fused-ring (bicyclic) bond motifs is 1. The number of hydrogen-bond donors (Lipinski definition) is 2. The number of morpholine rings is 1. The molecule has 1 fully saturated rings. The van der Waals surface area contributed by atoms with Gasteiger partial charge in [-0.25, -0.2) is 9.97 Å². The van der Waals surface area contributed by atoms with E-state index in [1.807, 2.05) is 12.4 Å². The summed E-state index contributed by atoms with van der Waals surface area (Å²) in [6.07, 6.45) is 7.35. The van der Waals surface area contributed by atoms with E-state index in [9.17, 15) is 0 Å². The maximum Gasteiger partial charge on any atom is 0.132 e. The fourth-order valence-corrected chi connectivity index (χ4v) is 3.75. The van der Waals surface area contributed by atoms with Gasteiger partial charge in [0.15, 0.2) is 0 Å². The van der Waals surface area contributed by atoms with Gasteiger partial charge in [-0.3, -0.25) is 9.88 Å². The lowest BCUT2D eigenvalue weighted by Gasteiger charge is -2.35. The highest BCUT2D eigenvalue weighted by molar-refractivity contribution is 5.47. The molecule has 138 valence electrons. The van der Waals surface area contributed by atoms with Crippen LogP contribution >= 0.6 is 0 Å². The molecule has 4 rings (SSSR count). The van der Waals surface area contributed by atoms with Crippen LogP contribution in [0.2, 0.25) is 0 Å². The van der Waals surface area contributed by atoms with E-state index in [0.29, 0.717) is 0 Å². The van der Waals surface area contributed by atoms with Crippen molar-refractivity contribution in [3.8, 4) is 0 Å². The first-order valence-electron chi connectivity index (χ1n) is 9.41. The first-order chi connectivity index (χ1) is 12.9. The Labute approximate surface area is 154 Å². The third kappa shape index (κ3) is 4.00. The maximum atomic E-state index is 5.53. The zero-order valence-electron chi connectivity index (χ0n) is 15.0. The fourth-order valence-electron chi connectivity index (χ4n) is 3.75. The lowest BCUT2D eigenvalue weighted by molar-refractivity contribution is 0.0187. The third-order valence-corrected chi connectivity index (χ3v) is 5.17. The van der Waals surface area contributed by atoms with Crippen molar-refractivity contribution in [2.75, 3.05) is 51.3 Å². The molecule has 7 nitrogen and oxygen atoms in total. The summed E-state index contributed by atoms with van der Waals surface area (Å²) in [5.41, 5.74) is 3.70. The Kier molecular flexibility index (Phi) is 5.68. The summed E-state index contributed by atoms with van der Waals surface area (Å²) in [4.78, 5) is 15.7. The van der Waals surface area contributed by atoms with Gasteiger partial charge in [0.2, 0.25) is 0 Å². The molecule has 0 bridgehead atoms. The van der Waals surface area contributed by atoms with Crippen LogP contribution in [0.5, 0.6) is 0 Å². The molecule has 0 aliphatic carbocycles. The minimum atomic E-state index is 0.274. The molecule has 0 amide bonds. The second-order valence-corrected chi connectivity index (χ2v) is 6.72. The van der Waals surface area contributed by atoms with Crippen LogP contribution in [-0.4, -0.2) is 65.8 Å². The van der Waals surface area contributed by atoms with E-state index in [1.54, 1.807) is 6.33 Å². The summed E-state index contributed by atoms with van der Waals surface area (Å²) in [6, 6.07) is 4.48. The molecule has 2 aliphatic rings. The van der Waals surface area contributed by atoms with Gasteiger partial charge >= 0.3 is 0 Å². The fraction of sp³-hybridized carbons (Fsp3) is 0.526. The second kappa shape index (κ2) is 8.53. The number of rotatable bonds is 5. The zero-order chi connectivity index (χ0) is 17.6. The van der Waals surface area contributed by atoms with Crippen LogP contribution in [0, 0.1) is 0 Å². The lowest BCUT2D eigenvalue weighted by Crippen LogP contribution is -2.41. The predicted octanol–water partition coefficient (Wildman–Crippen LogP) is 1.05. The van der Waals surface area contributed by atoms with Crippen LogP contribution in [0.15, 0.2) is 30.9 Å². The van der Waals surface area contributed by atoms with Gasteiger partial charge in [-0.05, 0) is 30.7 Å². The number of pyridine rings is 1. The number of aromatic nitrogens is 3. The summed E-state index contributed by atoms with van der Waals surface area (Å²) in [6.45, 7) is 6.23. The molecule has 0 unspecified atom stereocenters. The van der Waals surface area contributed by atoms with Crippen molar-refractivity contribution in [3.63, 3.8) is 0 Å². The largest absolute Gasteiger partial charge is 0.379 e. The SMILES string of the molecule is c1cc([C@H](CNc2ncnc3c2CCNCC3)N2CCOCC2)ccn1. The molecule has 26 heavy (non-hydrogen) atoms. The first-order valence-corrected chi connectivity index (χ1v) is 9.41. The van der Waals surface area contributed by atoms with E-state index >= 15 is 0 Å². The number of anilines is 1. The number of nitrogens with one attached hydrogen (secondary N) is 2. The topological polar surface area (TPSA) is 75.2 Å².